The number of aromatic amines is 1. The molecular formula is C30H36N6O4. The highest BCUT2D eigenvalue weighted by Crippen LogP contribution is 2.35. The number of ether oxygens (including phenoxy) is 3. The lowest BCUT2D eigenvalue weighted by molar-refractivity contribution is 0.0569. The van der Waals surface area contributed by atoms with Crippen LogP contribution in [0.1, 0.15) is 67.6 Å². The second-order valence-corrected chi connectivity index (χ2v) is 10.7. The molecule has 2 aromatic heterocycles. The summed E-state index contributed by atoms with van der Waals surface area (Å²) >= 11 is 0. The topological polar surface area (TPSA) is 107 Å². The molecule has 210 valence electrons. The van der Waals surface area contributed by atoms with E-state index in [0.717, 1.165) is 73.1 Å². The zero-order valence-electron chi connectivity index (χ0n) is 23.1. The highest BCUT2D eigenvalue weighted by atomic mass is 16.5. The Morgan fingerprint density at radius 3 is 2.52 bits per heavy atom. The monoisotopic (exact) mass is 544 g/mol. The number of H-pyrrole nitrogens is 1. The summed E-state index contributed by atoms with van der Waals surface area (Å²) in [7, 11) is 3.31. The molecule has 2 fully saturated rings. The molecule has 1 aliphatic heterocycles. The van der Waals surface area contributed by atoms with Gasteiger partial charge in [0.05, 0.1) is 26.4 Å². The second-order valence-electron chi connectivity index (χ2n) is 10.7. The molecule has 1 aliphatic carbocycles. The Balaban J connectivity index is 1.49. The third-order valence-electron chi connectivity index (χ3n) is 8.18. The minimum absolute atomic E-state index is 0.0659. The van der Waals surface area contributed by atoms with E-state index in [1.54, 1.807) is 14.2 Å². The van der Waals surface area contributed by atoms with E-state index < -0.39 is 6.04 Å². The Morgan fingerprint density at radius 1 is 1.02 bits per heavy atom. The third kappa shape index (κ3) is 5.46. The van der Waals surface area contributed by atoms with Crippen molar-refractivity contribution in [3.63, 3.8) is 0 Å². The Bertz CT molecular complexity index is 1490. The third-order valence-corrected chi connectivity index (χ3v) is 8.18. The van der Waals surface area contributed by atoms with Crippen molar-refractivity contribution in [3.05, 3.63) is 75.8 Å². The first-order chi connectivity index (χ1) is 19.6. The number of methoxy groups -OCH3 is 2. The summed E-state index contributed by atoms with van der Waals surface area (Å²) in [5.41, 5.74) is 2.30. The largest absolute Gasteiger partial charge is 0.497 e. The van der Waals surface area contributed by atoms with Gasteiger partial charge in [0.2, 0.25) is 0 Å². The summed E-state index contributed by atoms with van der Waals surface area (Å²) in [6, 6.07) is 15.4. The van der Waals surface area contributed by atoms with Gasteiger partial charge < -0.3 is 19.2 Å². The minimum Gasteiger partial charge on any atom is -0.497 e. The van der Waals surface area contributed by atoms with Crippen LogP contribution >= 0.6 is 0 Å². The van der Waals surface area contributed by atoms with Crippen LogP contribution in [-0.4, -0.2) is 63.6 Å². The first-order valence-corrected chi connectivity index (χ1v) is 14.1. The van der Waals surface area contributed by atoms with Crippen molar-refractivity contribution in [1.29, 1.82) is 0 Å². The number of nitrogens with zero attached hydrogens (tertiary/aromatic N) is 5. The fourth-order valence-corrected chi connectivity index (χ4v) is 6.10. The van der Waals surface area contributed by atoms with Gasteiger partial charge in [-0.25, -0.2) is 4.68 Å². The van der Waals surface area contributed by atoms with E-state index >= 15 is 0 Å². The quantitative estimate of drug-likeness (QED) is 0.313. The average Bonchev–Trinajstić information content (AvgIpc) is 3.77. The highest BCUT2D eigenvalue weighted by molar-refractivity contribution is 5.80. The number of aromatic nitrogens is 5. The summed E-state index contributed by atoms with van der Waals surface area (Å²) in [5.74, 6) is 2.22. The molecule has 1 saturated carbocycles. The fourth-order valence-electron chi connectivity index (χ4n) is 6.10. The van der Waals surface area contributed by atoms with Crippen molar-refractivity contribution in [2.45, 2.75) is 63.3 Å². The molecule has 0 bridgehead atoms. The van der Waals surface area contributed by atoms with Gasteiger partial charge in [-0.15, -0.1) is 5.10 Å². The molecule has 4 aromatic rings. The van der Waals surface area contributed by atoms with Gasteiger partial charge in [-0.1, -0.05) is 25.0 Å². The van der Waals surface area contributed by atoms with Crippen molar-refractivity contribution >= 4 is 10.9 Å². The van der Waals surface area contributed by atoms with Gasteiger partial charge in [0.25, 0.3) is 5.56 Å². The molecule has 10 heteroatoms. The summed E-state index contributed by atoms with van der Waals surface area (Å²) in [6.45, 7) is 1.98. The molecule has 0 unspecified atom stereocenters. The van der Waals surface area contributed by atoms with Crippen LogP contribution in [0, 0.1) is 0 Å². The van der Waals surface area contributed by atoms with Crippen LogP contribution in [0.3, 0.4) is 0 Å². The molecule has 1 saturated heterocycles. The lowest BCUT2D eigenvalue weighted by Crippen LogP contribution is -2.39. The summed E-state index contributed by atoms with van der Waals surface area (Å²) in [6.07, 6.45) is 6.43. The zero-order valence-corrected chi connectivity index (χ0v) is 23.1. The van der Waals surface area contributed by atoms with Crippen molar-refractivity contribution in [1.82, 2.24) is 30.1 Å². The lowest BCUT2D eigenvalue weighted by Gasteiger charge is -2.33. The number of hydrogen-bond donors (Lipinski definition) is 1. The fraction of sp³-hybridized carbons (Fsp3) is 0.467. The first kappa shape index (κ1) is 26.5. The molecule has 2 atom stereocenters. The van der Waals surface area contributed by atoms with Crippen molar-refractivity contribution < 1.29 is 14.2 Å². The Kier molecular flexibility index (Phi) is 7.79. The number of fused-ring (bicyclic) bond motifs is 1. The summed E-state index contributed by atoms with van der Waals surface area (Å²) in [4.78, 5) is 19.2. The van der Waals surface area contributed by atoms with E-state index in [9.17, 15) is 4.79 Å². The maximum absolute atomic E-state index is 13.8. The molecule has 3 heterocycles. The zero-order chi connectivity index (χ0) is 27.5. The highest BCUT2D eigenvalue weighted by Gasteiger charge is 2.35. The second kappa shape index (κ2) is 11.8. The maximum Gasteiger partial charge on any atom is 0.253 e. The Hall–Kier alpha value is -3.76. The van der Waals surface area contributed by atoms with Crippen LogP contribution in [-0.2, 0) is 11.3 Å². The average molecular weight is 545 g/mol. The molecule has 0 amide bonds. The number of pyridine rings is 1. The van der Waals surface area contributed by atoms with Gasteiger partial charge in [-0.3, -0.25) is 9.69 Å². The predicted molar refractivity (Wildman–Crippen MR) is 151 cm³/mol. The first-order valence-electron chi connectivity index (χ1n) is 14.1. The van der Waals surface area contributed by atoms with Crippen LogP contribution in [0.2, 0.25) is 0 Å². The summed E-state index contributed by atoms with van der Waals surface area (Å²) < 4.78 is 18.9. The van der Waals surface area contributed by atoms with Gasteiger partial charge >= 0.3 is 0 Å². The molecule has 2 aromatic carbocycles. The van der Waals surface area contributed by atoms with E-state index in [-0.39, 0.29) is 17.7 Å². The molecule has 0 radical (unpaired) electrons. The van der Waals surface area contributed by atoms with Gasteiger partial charge in [0, 0.05) is 36.2 Å². The SMILES string of the molecule is COc1ccc(CN(C[C@H]2CCCO2)[C@@H](c2cc3cc(OC)ccc3[nH]c2=O)c2nnnn2C2CCCC2)cc1. The number of hydrogen-bond acceptors (Lipinski definition) is 8. The van der Waals surface area contributed by atoms with Crippen molar-refractivity contribution in [2.75, 3.05) is 27.4 Å². The van der Waals surface area contributed by atoms with Crippen LogP contribution in [0.5, 0.6) is 11.5 Å². The molecule has 6 rings (SSSR count). The smallest absolute Gasteiger partial charge is 0.253 e. The lowest BCUT2D eigenvalue weighted by atomic mass is 10.0. The Morgan fingerprint density at radius 2 is 1.80 bits per heavy atom. The molecule has 2 aliphatic rings. The predicted octanol–water partition coefficient (Wildman–Crippen LogP) is 4.42. The number of benzene rings is 2. The standard InChI is InChI=1S/C30H36N6O4/c1-38-23-11-9-20(10-12-23)18-35(19-25-8-5-15-40-25)28(29-32-33-34-36(29)22-6-3-4-7-22)26-17-21-16-24(39-2)13-14-27(21)31-30(26)37/h9-14,16-17,22,25,28H,3-8,15,18-19H2,1-2H3,(H,31,37)/t25-,28+/m1/s1. The molecule has 10 nitrogen and oxygen atoms in total. The normalized spacial score (nSPS) is 18.5. The number of rotatable bonds is 10. The summed E-state index contributed by atoms with van der Waals surface area (Å²) in [5, 5.41) is 14.1. The molecule has 0 spiro atoms. The van der Waals surface area contributed by atoms with E-state index in [4.69, 9.17) is 14.2 Å². The Labute approximate surface area is 233 Å². The van der Waals surface area contributed by atoms with Crippen molar-refractivity contribution in [2.24, 2.45) is 0 Å². The van der Waals surface area contributed by atoms with E-state index in [1.807, 2.05) is 41.1 Å². The number of nitrogens with one attached hydrogen (secondary N) is 1. The van der Waals surface area contributed by atoms with Gasteiger partial charge in [-0.2, -0.15) is 0 Å². The van der Waals surface area contributed by atoms with Crippen molar-refractivity contribution in [3.8, 4) is 11.5 Å². The molecular weight excluding hydrogens is 508 g/mol. The maximum atomic E-state index is 13.8. The minimum atomic E-state index is -0.485. The van der Waals surface area contributed by atoms with Gasteiger partial charge in [0.15, 0.2) is 5.82 Å². The van der Waals surface area contributed by atoms with E-state index in [2.05, 4.69) is 37.5 Å². The van der Waals surface area contributed by atoms with E-state index in [0.29, 0.717) is 24.5 Å². The van der Waals surface area contributed by atoms with Crippen LogP contribution < -0.4 is 15.0 Å². The van der Waals surface area contributed by atoms with Crippen LogP contribution in [0.25, 0.3) is 10.9 Å². The van der Waals surface area contributed by atoms with Gasteiger partial charge in [-0.05, 0) is 78.1 Å². The van der Waals surface area contributed by atoms with Crippen LogP contribution in [0.15, 0.2) is 53.3 Å². The van der Waals surface area contributed by atoms with E-state index in [1.165, 1.54) is 0 Å². The number of tetrazole rings is 1. The van der Waals surface area contributed by atoms with Crippen LogP contribution in [0.4, 0.5) is 0 Å². The molecule has 1 N–H and O–H groups in total. The molecule has 40 heavy (non-hydrogen) atoms. The van der Waals surface area contributed by atoms with Gasteiger partial charge in [0.1, 0.15) is 17.5 Å².